The van der Waals surface area contributed by atoms with Gasteiger partial charge in [0.2, 0.25) is 0 Å². The summed E-state index contributed by atoms with van der Waals surface area (Å²) in [4.78, 5) is 4.59. The first-order valence-corrected chi connectivity index (χ1v) is 7.68. The number of nitrogens with zero attached hydrogens (tertiary/aromatic N) is 1. The lowest BCUT2D eigenvalue weighted by Gasteiger charge is -2.29. The fourth-order valence-electron chi connectivity index (χ4n) is 2.27. The third-order valence-corrected chi connectivity index (χ3v) is 3.64. The van der Waals surface area contributed by atoms with Gasteiger partial charge in [-0.1, -0.05) is 33.1 Å². The molecular formula is C15H30N2O. The SMILES string of the molecule is CCCCNCCC1=NCC(CCCC)C(C)O1. The Labute approximate surface area is 112 Å². The summed E-state index contributed by atoms with van der Waals surface area (Å²) in [5.41, 5.74) is 0. The molecule has 0 fully saturated rings. The first-order valence-electron chi connectivity index (χ1n) is 7.68. The Morgan fingerprint density at radius 1 is 1.22 bits per heavy atom. The Balaban J connectivity index is 2.18. The van der Waals surface area contributed by atoms with Gasteiger partial charge in [0.05, 0.1) is 0 Å². The van der Waals surface area contributed by atoms with Crippen LogP contribution >= 0.6 is 0 Å². The molecule has 0 bridgehead atoms. The van der Waals surface area contributed by atoms with Crippen LogP contribution < -0.4 is 5.32 Å². The molecule has 18 heavy (non-hydrogen) atoms. The van der Waals surface area contributed by atoms with E-state index in [4.69, 9.17) is 4.74 Å². The van der Waals surface area contributed by atoms with Gasteiger partial charge in [-0.3, -0.25) is 4.99 Å². The van der Waals surface area contributed by atoms with Crippen LogP contribution in [0.2, 0.25) is 0 Å². The maximum atomic E-state index is 5.91. The third kappa shape index (κ3) is 5.85. The molecule has 1 rings (SSSR count). The maximum absolute atomic E-state index is 5.91. The Morgan fingerprint density at radius 2 is 2.00 bits per heavy atom. The van der Waals surface area contributed by atoms with Crippen LogP contribution in [-0.4, -0.2) is 31.6 Å². The third-order valence-electron chi connectivity index (χ3n) is 3.64. The Hall–Kier alpha value is -0.570. The second kappa shape index (κ2) is 9.37. The summed E-state index contributed by atoms with van der Waals surface area (Å²) >= 11 is 0. The van der Waals surface area contributed by atoms with Gasteiger partial charge >= 0.3 is 0 Å². The lowest BCUT2D eigenvalue weighted by Crippen LogP contribution is -2.33. The number of hydrogen-bond acceptors (Lipinski definition) is 3. The molecule has 0 amide bonds. The van der Waals surface area contributed by atoms with E-state index >= 15 is 0 Å². The molecule has 106 valence electrons. The molecule has 1 heterocycles. The van der Waals surface area contributed by atoms with Crippen LogP contribution in [0.3, 0.4) is 0 Å². The van der Waals surface area contributed by atoms with Crippen LogP contribution in [0.1, 0.15) is 59.3 Å². The topological polar surface area (TPSA) is 33.6 Å². The molecule has 0 saturated carbocycles. The van der Waals surface area contributed by atoms with Crippen molar-refractivity contribution < 1.29 is 4.74 Å². The molecule has 0 radical (unpaired) electrons. The standard InChI is InChI=1S/C15H30N2O/c1-4-6-8-14-12-17-15(18-13(14)3)9-11-16-10-7-5-2/h13-14,16H,4-12H2,1-3H3. The minimum absolute atomic E-state index is 0.347. The molecule has 0 aliphatic carbocycles. The first-order chi connectivity index (χ1) is 8.77. The highest BCUT2D eigenvalue weighted by molar-refractivity contribution is 5.77. The van der Waals surface area contributed by atoms with Crippen LogP contribution in [0.15, 0.2) is 4.99 Å². The summed E-state index contributed by atoms with van der Waals surface area (Å²) in [7, 11) is 0. The van der Waals surface area contributed by atoms with Crippen molar-refractivity contribution >= 4 is 5.90 Å². The normalized spacial score (nSPS) is 23.6. The molecule has 0 spiro atoms. The largest absolute Gasteiger partial charge is 0.478 e. The molecule has 0 aromatic heterocycles. The number of ether oxygens (including phenoxy) is 1. The zero-order valence-corrected chi connectivity index (χ0v) is 12.4. The van der Waals surface area contributed by atoms with Crippen molar-refractivity contribution in [1.29, 1.82) is 0 Å². The van der Waals surface area contributed by atoms with E-state index < -0.39 is 0 Å². The molecule has 2 unspecified atom stereocenters. The predicted octanol–water partition coefficient (Wildman–Crippen LogP) is 3.39. The number of nitrogens with one attached hydrogen (secondary N) is 1. The maximum Gasteiger partial charge on any atom is 0.184 e. The first kappa shape index (κ1) is 15.5. The lowest BCUT2D eigenvalue weighted by atomic mass is 9.96. The van der Waals surface area contributed by atoms with Gasteiger partial charge in [-0.25, -0.2) is 0 Å². The summed E-state index contributed by atoms with van der Waals surface area (Å²) < 4.78 is 5.91. The van der Waals surface area contributed by atoms with Crippen molar-refractivity contribution in [1.82, 2.24) is 5.32 Å². The van der Waals surface area contributed by atoms with Crippen LogP contribution in [0, 0.1) is 5.92 Å². The van der Waals surface area contributed by atoms with Gasteiger partial charge in [0.1, 0.15) is 6.10 Å². The molecule has 3 heteroatoms. The highest BCUT2D eigenvalue weighted by Crippen LogP contribution is 2.20. The van der Waals surface area contributed by atoms with E-state index in [0.717, 1.165) is 32.0 Å². The van der Waals surface area contributed by atoms with Gasteiger partial charge in [0, 0.05) is 25.4 Å². The van der Waals surface area contributed by atoms with Gasteiger partial charge in [0.25, 0.3) is 0 Å². The molecule has 2 atom stereocenters. The summed E-state index contributed by atoms with van der Waals surface area (Å²) in [6.07, 6.45) is 7.60. The predicted molar refractivity (Wildman–Crippen MR) is 78.3 cm³/mol. The zero-order chi connectivity index (χ0) is 13.2. The monoisotopic (exact) mass is 254 g/mol. The molecular weight excluding hydrogens is 224 g/mol. The van der Waals surface area contributed by atoms with Crippen molar-refractivity contribution in [3.8, 4) is 0 Å². The molecule has 0 saturated heterocycles. The van der Waals surface area contributed by atoms with Crippen LogP contribution in [0.4, 0.5) is 0 Å². The van der Waals surface area contributed by atoms with E-state index in [1.807, 2.05) is 0 Å². The quantitative estimate of drug-likeness (QED) is 0.640. The molecule has 1 aliphatic heterocycles. The van der Waals surface area contributed by atoms with E-state index in [1.165, 1.54) is 32.1 Å². The fourth-order valence-corrected chi connectivity index (χ4v) is 2.27. The Bertz CT molecular complexity index is 241. The van der Waals surface area contributed by atoms with Gasteiger partial charge in [-0.15, -0.1) is 0 Å². The second-order valence-electron chi connectivity index (χ2n) is 5.31. The van der Waals surface area contributed by atoms with E-state index in [2.05, 4.69) is 31.1 Å². The van der Waals surface area contributed by atoms with E-state index in [0.29, 0.717) is 12.0 Å². The average molecular weight is 254 g/mol. The minimum Gasteiger partial charge on any atom is -0.478 e. The van der Waals surface area contributed by atoms with Crippen molar-refractivity contribution in [2.45, 2.75) is 65.4 Å². The Morgan fingerprint density at radius 3 is 2.67 bits per heavy atom. The number of hydrogen-bond donors (Lipinski definition) is 1. The van der Waals surface area contributed by atoms with E-state index in [1.54, 1.807) is 0 Å². The minimum atomic E-state index is 0.347. The van der Waals surface area contributed by atoms with Gasteiger partial charge in [-0.05, 0) is 26.3 Å². The molecule has 0 aromatic rings. The highest BCUT2D eigenvalue weighted by Gasteiger charge is 2.23. The highest BCUT2D eigenvalue weighted by atomic mass is 16.5. The molecule has 3 nitrogen and oxygen atoms in total. The summed E-state index contributed by atoms with van der Waals surface area (Å²) in [5.74, 6) is 1.58. The zero-order valence-electron chi connectivity index (χ0n) is 12.4. The summed E-state index contributed by atoms with van der Waals surface area (Å²) in [6.45, 7) is 9.72. The molecule has 1 N–H and O–H groups in total. The van der Waals surface area contributed by atoms with Gasteiger partial charge in [0.15, 0.2) is 5.90 Å². The lowest BCUT2D eigenvalue weighted by molar-refractivity contribution is 0.114. The number of unbranched alkanes of at least 4 members (excludes halogenated alkanes) is 2. The van der Waals surface area contributed by atoms with Crippen LogP contribution in [-0.2, 0) is 4.74 Å². The number of rotatable bonds is 9. The average Bonchev–Trinajstić information content (AvgIpc) is 2.37. The van der Waals surface area contributed by atoms with E-state index in [9.17, 15) is 0 Å². The molecule has 0 aromatic carbocycles. The fraction of sp³-hybridized carbons (Fsp3) is 0.933. The smallest absolute Gasteiger partial charge is 0.184 e. The summed E-state index contributed by atoms with van der Waals surface area (Å²) in [5, 5.41) is 3.43. The number of aliphatic imine (C=N–C) groups is 1. The van der Waals surface area contributed by atoms with Crippen molar-refractivity contribution in [3.05, 3.63) is 0 Å². The van der Waals surface area contributed by atoms with Gasteiger partial charge < -0.3 is 10.1 Å². The Kier molecular flexibility index (Phi) is 8.06. The van der Waals surface area contributed by atoms with Crippen LogP contribution in [0.5, 0.6) is 0 Å². The second-order valence-corrected chi connectivity index (χ2v) is 5.31. The van der Waals surface area contributed by atoms with Crippen molar-refractivity contribution in [2.75, 3.05) is 19.6 Å². The van der Waals surface area contributed by atoms with E-state index in [-0.39, 0.29) is 0 Å². The van der Waals surface area contributed by atoms with Crippen molar-refractivity contribution in [3.63, 3.8) is 0 Å². The summed E-state index contributed by atoms with van der Waals surface area (Å²) in [6, 6.07) is 0. The molecule has 1 aliphatic rings. The van der Waals surface area contributed by atoms with Crippen molar-refractivity contribution in [2.24, 2.45) is 10.9 Å². The van der Waals surface area contributed by atoms with Crippen LogP contribution in [0.25, 0.3) is 0 Å². The van der Waals surface area contributed by atoms with Gasteiger partial charge in [-0.2, -0.15) is 0 Å².